The van der Waals surface area contributed by atoms with Crippen molar-refractivity contribution in [2.75, 3.05) is 12.0 Å². The first-order chi connectivity index (χ1) is 14.9. The smallest absolute Gasteiger partial charge is 0.310 e. The lowest BCUT2D eigenvalue weighted by Gasteiger charge is -2.30. The molecular formula is C22H19N3O5S. The van der Waals surface area contributed by atoms with E-state index in [1.165, 1.54) is 6.92 Å². The molecule has 31 heavy (non-hydrogen) atoms. The van der Waals surface area contributed by atoms with Gasteiger partial charge in [0.15, 0.2) is 5.06 Å². The summed E-state index contributed by atoms with van der Waals surface area (Å²) in [5, 5.41) is 9.98. The van der Waals surface area contributed by atoms with Crippen LogP contribution in [0.5, 0.6) is 10.8 Å². The number of ether oxygens (including phenoxy) is 1. The summed E-state index contributed by atoms with van der Waals surface area (Å²) in [4.78, 5) is 44.7. The molecule has 1 atom stereocenters. The number of carbonyl (C=O) groups is 1. The van der Waals surface area contributed by atoms with Gasteiger partial charge in [0.2, 0.25) is 5.91 Å². The van der Waals surface area contributed by atoms with Crippen LogP contribution in [0.15, 0.2) is 63.1 Å². The van der Waals surface area contributed by atoms with Crippen LogP contribution in [0, 0.1) is 0 Å². The predicted molar refractivity (Wildman–Crippen MR) is 119 cm³/mol. The SMILES string of the molecule is COc1ccc(C2CC(c3c(O)sc(=O)[nH]c3=O)=Nc3ccccc3N2C(C)=O)cc1. The maximum Gasteiger partial charge on any atom is 0.310 e. The zero-order chi connectivity index (χ0) is 22.1. The van der Waals surface area contributed by atoms with Crippen molar-refractivity contribution >= 4 is 34.3 Å². The number of carbonyl (C=O) groups excluding carboxylic acids is 1. The summed E-state index contributed by atoms with van der Waals surface area (Å²) < 4.78 is 5.23. The molecule has 1 amide bonds. The molecular weight excluding hydrogens is 418 g/mol. The quantitative estimate of drug-likeness (QED) is 0.654. The van der Waals surface area contributed by atoms with Crippen LogP contribution in [0.4, 0.5) is 11.4 Å². The average Bonchev–Trinajstić information content (AvgIpc) is 2.90. The van der Waals surface area contributed by atoms with Crippen LogP contribution in [0.3, 0.4) is 0 Å². The summed E-state index contributed by atoms with van der Waals surface area (Å²) in [6, 6.07) is 13.9. The maximum atomic E-state index is 12.7. The highest BCUT2D eigenvalue weighted by molar-refractivity contribution is 7.11. The third-order valence-electron chi connectivity index (χ3n) is 5.07. The monoisotopic (exact) mass is 437 g/mol. The second kappa shape index (κ2) is 8.19. The number of rotatable bonds is 3. The Morgan fingerprint density at radius 1 is 1.19 bits per heavy atom. The van der Waals surface area contributed by atoms with Gasteiger partial charge in [0, 0.05) is 13.3 Å². The van der Waals surface area contributed by atoms with E-state index in [4.69, 9.17) is 4.74 Å². The minimum Gasteiger partial charge on any atom is -0.499 e. The highest BCUT2D eigenvalue weighted by Crippen LogP contribution is 2.41. The van der Waals surface area contributed by atoms with Gasteiger partial charge in [-0.3, -0.25) is 24.4 Å². The van der Waals surface area contributed by atoms with E-state index < -0.39 is 21.5 Å². The van der Waals surface area contributed by atoms with E-state index in [0.29, 0.717) is 28.5 Å². The summed E-state index contributed by atoms with van der Waals surface area (Å²) in [6.07, 6.45) is 0.155. The maximum absolute atomic E-state index is 12.7. The summed E-state index contributed by atoms with van der Waals surface area (Å²) in [5.41, 5.74) is 1.38. The van der Waals surface area contributed by atoms with Crippen molar-refractivity contribution in [2.24, 2.45) is 4.99 Å². The number of aromatic nitrogens is 1. The second-order valence-electron chi connectivity index (χ2n) is 6.95. The standard InChI is InChI=1S/C22H19N3O5S/c1-12(26)25-17-6-4-3-5-15(17)23-16(19-20(27)24-22(29)31-21(19)28)11-18(25)13-7-9-14(30-2)10-8-13/h3-10,18,28H,11H2,1-2H3,(H,24,27,29). The molecule has 1 aliphatic rings. The van der Waals surface area contributed by atoms with E-state index >= 15 is 0 Å². The third kappa shape index (κ3) is 3.87. The zero-order valence-corrected chi connectivity index (χ0v) is 17.6. The van der Waals surface area contributed by atoms with Crippen LogP contribution in [0.25, 0.3) is 0 Å². The number of hydrogen-bond donors (Lipinski definition) is 2. The van der Waals surface area contributed by atoms with Gasteiger partial charge < -0.3 is 14.7 Å². The number of benzene rings is 2. The Morgan fingerprint density at radius 2 is 1.90 bits per heavy atom. The molecule has 1 unspecified atom stereocenters. The fraction of sp³-hybridized carbons (Fsp3) is 0.182. The molecule has 2 aromatic carbocycles. The Hall–Kier alpha value is -3.72. The summed E-state index contributed by atoms with van der Waals surface area (Å²) in [6.45, 7) is 1.47. The molecule has 0 saturated heterocycles. The normalized spacial score (nSPS) is 15.6. The Kier molecular flexibility index (Phi) is 5.43. The van der Waals surface area contributed by atoms with Crippen LogP contribution < -0.4 is 20.1 Å². The molecule has 2 heterocycles. The van der Waals surface area contributed by atoms with Gasteiger partial charge in [-0.1, -0.05) is 24.3 Å². The van der Waals surface area contributed by atoms with Gasteiger partial charge in [0.25, 0.3) is 5.56 Å². The van der Waals surface area contributed by atoms with Crippen LogP contribution in [0.2, 0.25) is 0 Å². The molecule has 1 aromatic heterocycles. The van der Waals surface area contributed by atoms with Gasteiger partial charge in [-0.2, -0.15) is 0 Å². The molecule has 158 valence electrons. The summed E-state index contributed by atoms with van der Waals surface area (Å²) in [5.74, 6) is 0.475. The molecule has 3 aromatic rings. The number of H-pyrrole nitrogens is 1. The third-order valence-corrected chi connectivity index (χ3v) is 5.75. The van der Waals surface area contributed by atoms with Crippen molar-refractivity contribution in [1.29, 1.82) is 0 Å². The molecule has 0 bridgehead atoms. The molecule has 0 radical (unpaired) electrons. The first-order valence-electron chi connectivity index (χ1n) is 9.46. The van der Waals surface area contributed by atoms with E-state index in [1.54, 1.807) is 48.4 Å². The van der Waals surface area contributed by atoms with Gasteiger partial charge in [0.05, 0.1) is 30.2 Å². The molecule has 9 heteroatoms. The minimum atomic E-state index is -0.720. The molecule has 0 aliphatic carbocycles. The molecule has 0 spiro atoms. The number of aromatic amines is 1. The second-order valence-corrected chi connectivity index (χ2v) is 7.91. The topological polar surface area (TPSA) is 112 Å². The van der Waals surface area contributed by atoms with Crippen LogP contribution in [0.1, 0.15) is 30.5 Å². The Bertz CT molecular complexity index is 1290. The van der Waals surface area contributed by atoms with Crippen molar-refractivity contribution in [1.82, 2.24) is 4.98 Å². The number of nitrogens with one attached hydrogen (secondary N) is 1. The number of aromatic hydroxyl groups is 1. The van der Waals surface area contributed by atoms with E-state index in [-0.39, 0.29) is 23.6 Å². The number of nitrogens with zero attached hydrogens (tertiary/aromatic N) is 2. The number of hydrogen-bond acceptors (Lipinski definition) is 7. The van der Waals surface area contributed by atoms with E-state index in [0.717, 1.165) is 5.56 Å². The molecule has 4 rings (SSSR count). The molecule has 0 fully saturated rings. The molecule has 0 saturated carbocycles. The highest BCUT2D eigenvalue weighted by Gasteiger charge is 2.32. The first kappa shape index (κ1) is 20.5. The lowest BCUT2D eigenvalue weighted by atomic mass is 9.96. The predicted octanol–water partition coefficient (Wildman–Crippen LogP) is 3.13. The van der Waals surface area contributed by atoms with Crippen molar-refractivity contribution in [2.45, 2.75) is 19.4 Å². The molecule has 2 N–H and O–H groups in total. The van der Waals surface area contributed by atoms with Crippen LogP contribution in [-0.2, 0) is 4.79 Å². The number of fused-ring (bicyclic) bond motifs is 1. The Labute approximate surface area is 181 Å². The highest BCUT2D eigenvalue weighted by atomic mass is 32.1. The van der Waals surface area contributed by atoms with E-state index in [2.05, 4.69) is 9.98 Å². The number of methoxy groups -OCH3 is 1. The van der Waals surface area contributed by atoms with Crippen molar-refractivity contribution in [3.63, 3.8) is 0 Å². The fourth-order valence-corrected chi connectivity index (χ4v) is 4.34. The number of amides is 1. The van der Waals surface area contributed by atoms with Gasteiger partial charge in [-0.25, -0.2) is 0 Å². The Balaban J connectivity index is 1.95. The van der Waals surface area contributed by atoms with Gasteiger partial charge in [-0.15, -0.1) is 0 Å². The summed E-state index contributed by atoms with van der Waals surface area (Å²) in [7, 11) is 1.57. The minimum absolute atomic E-state index is 0.0664. The van der Waals surface area contributed by atoms with Crippen LogP contribution >= 0.6 is 11.3 Å². The number of para-hydroxylation sites is 2. The van der Waals surface area contributed by atoms with Crippen molar-refractivity contribution < 1.29 is 14.6 Å². The number of aliphatic imine (C=N–C) groups is 1. The zero-order valence-electron chi connectivity index (χ0n) is 16.8. The number of anilines is 1. The average molecular weight is 437 g/mol. The van der Waals surface area contributed by atoms with Gasteiger partial charge in [0.1, 0.15) is 11.3 Å². The Morgan fingerprint density at radius 3 is 2.55 bits per heavy atom. The van der Waals surface area contributed by atoms with E-state index in [1.807, 2.05) is 12.1 Å². The van der Waals surface area contributed by atoms with Crippen molar-refractivity contribution in [3.8, 4) is 10.8 Å². The van der Waals surface area contributed by atoms with Gasteiger partial charge in [-0.05, 0) is 41.2 Å². The molecule has 8 nitrogen and oxygen atoms in total. The largest absolute Gasteiger partial charge is 0.499 e. The first-order valence-corrected chi connectivity index (χ1v) is 10.3. The lowest BCUT2D eigenvalue weighted by molar-refractivity contribution is -0.117. The molecule has 1 aliphatic heterocycles. The van der Waals surface area contributed by atoms with Crippen molar-refractivity contribution in [3.05, 3.63) is 79.7 Å². The lowest BCUT2D eigenvalue weighted by Crippen LogP contribution is -2.34. The van der Waals surface area contributed by atoms with Crippen LogP contribution in [-0.4, -0.2) is 28.8 Å². The van der Waals surface area contributed by atoms with Gasteiger partial charge >= 0.3 is 4.87 Å². The fourth-order valence-electron chi connectivity index (χ4n) is 3.71. The summed E-state index contributed by atoms with van der Waals surface area (Å²) >= 11 is 0.530. The van der Waals surface area contributed by atoms with E-state index in [9.17, 15) is 19.5 Å².